The molecule has 1 aliphatic heterocycles. The van der Waals surface area contributed by atoms with Gasteiger partial charge in [0, 0.05) is 36.2 Å². The topological polar surface area (TPSA) is 77.0 Å². The van der Waals surface area contributed by atoms with Crippen LogP contribution in [0.2, 0.25) is 0 Å². The zero-order chi connectivity index (χ0) is 17.5. The molecule has 0 bridgehead atoms. The number of carbonyl (C=O) groups is 1. The van der Waals surface area contributed by atoms with Gasteiger partial charge in [-0.15, -0.1) is 0 Å². The third kappa shape index (κ3) is 5.49. The molecule has 1 fully saturated rings. The predicted molar refractivity (Wildman–Crippen MR) is 100 cm³/mol. The number of hydrogen-bond donors (Lipinski definition) is 3. The van der Waals surface area contributed by atoms with Crippen LogP contribution in [0.3, 0.4) is 0 Å². The zero-order valence-electron chi connectivity index (χ0n) is 14.2. The number of aliphatic hydroxyl groups excluding tert-OH is 1. The first-order valence-corrected chi connectivity index (χ1v) is 9.06. The second-order valence-electron chi connectivity index (χ2n) is 5.88. The second kappa shape index (κ2) is 9.03. The van der Waals surface area contributed by atoms with Gasteiger partial charge in [0.25, 0.3) is 0 Å². The minimum atomic E-state index is -0.295. The molecule has 0 unspecified atom stereocenters. The van der Waals surface area contributed by atoms with Crippen molar-refractivity contribution in [2.24, 2.45) is 4.99 Å². The van der Waals surface area contributed by atoms with E-state index in [0.29, 0.717) is 19.5 Å². The lowest BCUT2D eigenvalue weighted by Crippen LogP contribution is -2.40. The lowest BCUT2D eigenvalue weighted by atomic mass is 10.2. The summed E-state index contributed by atoms with van der Waals surface area (Å²) in [6, 6.07) is 5.80. The number of aliphatic imine (C=N–C) groups is 1. The summed E-state index contributed by atoms with van der Waals surface area (Å²) >= 11 is 3.41. The molecule has 2 rings (SSSR count). The number of aliphatic hydroxyl groups is 1. The molecule has 132 valence electrons. The molecular weight excluding hydrogens is 372 g/mol. The minimum Gasteiger partial charge on any atom is -0.391 e. The van der Waals surface area contributed by atoms with E-state index < -0.39 is 0 Å². The summed E-state index contributed by atoms with van der Waals surface area (Å²) in [6.45, 7) is 6.52. The van der Waals surface area contributed by atoms with Gasteiger partial charge in [0.05, 0.1) is 12.6 Å². The van der Waals surface area contributed by atoms with Gasteiger partial charge in [-0.05, 0) is 38.0 Å². The van der Waals surface area contributed by atoms with Gasteiger partial charge in [-0.3, -0.25) is 9.79 Å². The van der Waals surface area contributed by atoms with Crippen molar-refractivity contribution in [3.8, 4) is 0 Å². The number of benzene rings is 1. The summed E-state index contributed by atoms with van der Waals surface area (Å²) in [7, 11) is 0. The van der Waals surface area contributed by atoms with Crippen molar-refractivity contribution in [3.05, 3.63) is 28.2 Å². The second-order valence-corrected chi connectivity index (χ2v) is 6.80. The van der Waals surface area contributed by atoms with E-state index in [-0.39, 0.29) is 12.0 Å². The molecule has 1 saturated heterocycles. The summed E-state index contributed by atoms with van der Waals surface area (Å²) < 4.78 is 0.934. The fraction of sp³-hybridized carbons (Fsp3) is 0.529. The number of anilines is 1. The Hall–Kier alpha value is -1.60. The van der Waals surface area contributed by atoms with E-state index in [1.54, 1.807) is 0 Å². The Morgan fingerprint density at radius 1 is 1.50 bits per heavy atom. The minimum absolute atomic E-state index is 0.0581. The normalized spacial score (nSPS) is 17.9. The van der Waals surface area contributed by atoms with Gasteiger partial charge >= 0.3 is 0 Å². The Labute approximate surface area is 151 Å². The molecule has 0 aromatic heterocycles. The monoisotopic (exact) mass is 396 g/mol. The molecule has 1 atom stereocenters. The van der Waals surface area contributed by atoms with Crippen LogP contribution in [0, 0.1) is 6.92 Å². The molecule has 0 spiro atoms. The number of amides is 1. The standard InChI is InChI=1S/C17H25BrN4O2/c1-3-19-17(22-9-7-14(23)11-22)20-8-6-16(24)21-15-10-13(18)5-4-12(15)2/h4-5,10,14,23H,3,6-9,11H2,1-2H3,(H,19,20)(H,21,24)/t14-/m1/s1. The summed E-state index contributed by atoms with van der Waals surface area (Å²) in [5.41, 5.74) is 1.84. The van der Waals surface area contributed by atoms with E-state index in [0.717, 1.165) is 41.2 Å². The van der Waals surface area contributed by atoms with Gasteiger partial charge in [0.1, 0.15) is 0 Å². The van der Waals surface area contributed by atoms with Crippen molar-refractivity contribution in [1.82, 2.24) is 10.2 Å². The van der Waals surface area contributed by atoms with Crippen LogP contribution >= 0.6 is 15.9 Å². The van der Waals surface area contributed by atoms with E-state index in [1.165, 1.54) is 0 Å². The summed E-state index contributed by atoms with van der Waals surface area (Å²) in [5, 5.41) is 15.8. The van der Waals surface area contributed by atoms with Gasteiger partial charge in [-0.2, -0.15) is 0 Å². The maximum Gasteiger partial charge on any atom is 0.226 e. The van der Waals surface area contributed by atoms with Crippen LogP contribution in [0.1, 0.15) is 25.3 Å². The quantitative estimate of drug-likeness (QED) is 0.526. The molecule has 6 nitrogen and oxygen atoms in total. The number of hydrogen-bond acceptors (Lipinski definition) is 3. The SMILES string of the molecule is CCNC(=NCCC(=O)Nc1cc(Br)ccc1C)N1CC[C@@H](O)C1. The van der Waals surface area contributed by atoms with Crippen LogP contribution in [-0.4, -0.2) is 54.2 Å². The van der Waals surface area contributed by atoms with Crippen molar-refractivity contribution < 1.29 is 9.90 Å². The molecule has 24 heavy (non-hydrogen) atoms. The first-order valence-electron chi connectivity index (χ1n) is 8.27. The summed E-state index contributed by atoms with van der Waals surface area (Å²) in [6.07, 6.45) is 0.779. The molecule has 0 radical (unpaired) electrons. The highest BCUT2D eigenvalue weighted by molar-refractivity contribution is 9.10. The van der Waals surface area contributed by atoms with Gasteiger partial charge < -0.3 is 20.6 Å². The first-order chi connectivity index (χ1) is 11.5. The number of nitrogens with zero attached hydrogens (tertiary/aromatic N) is 2. The van der Waals surface area contributed by atoms with Gasteiger partial charge in [0.15, 0.2) is 5.96 Å². The maximum absolute atomic E-state index is 12.1. The van der Waals surface area contributed by atoms with Crippen molar-refractivity contribution >= 4 is 33.5 Å². The number of guanidine groups is 1. The Bertz CT molecular complexity index is 606. The van der Waals surface area contributed by atoms with E-state index in [2.05, 4.69) is 31.6 Å². The molecule has 1 heterocycles. The lowest BCUT2D eigenvalue weighted by molar-refractivity contribution is -0.116. The van der Waals surface area contributed by atoms with Crippen LogP contribution in [0.4, 0.5) is 5.69 Å². The number of rotatable bonds is 5. The van der Waals surface area contributed by atoms with Gasteiger partial charge in [0.2, 0.25) is 5.91 Å². The molecule has 1 aromatic rings. The van der Waals surface area contributed by atoms with Crippen LogP contribution in [0.25, 0.3) is 0 Å². The highest BCUT2D eigenvalue weighted by Gasteiger charge is 2.22. The Balaban J connectivity index is 1.88. The number of nitrogens with one attached hydrogen (secondary N) is 2. The van der Waals surface area contributed by atoms with E-state index >= 15 is 0 Å². The third-order valence-corrected chi connectivity index (χ3v) is 4.37. The molecule has 7 heteroatoms. The Kier molecular flexibility index (Phi) is 7.05. The first kappa shape index (κ1) is 18.7. The maximum atomic E-state index is 12.1. The average Bonchev–Trinajstić information content (AvgIpc) is 2.96. The smallest absolute Gasteiger partial charge is 0.226 e. The van der Waals surface area contributed by atoms with Crippen molar-refractivity contribution in [1.29, 1.82) is 0 Å². The fourth-order valence-corrected chi connectivity index (χ4v) is 2.93. The van der Waals surface area contributed by atoms with Gasteiger partial charge in [-0.25, -0.2) is 0 Å². The number of aryl methyl sites for hydroxylation is 1. The van der Waals surface area contributed by atoms with Crippen molar-refractivity contribution in [2.75, 3.05) is 31.5 Å². The van der Waals surface area contributed by atoms with Crippen LogP contribution < -0.4 is 10.6 Å². The van der Waals surface area contributed by atoms with Crippen molar-refractivity contribution in [2.45, 2.75) is 32.8 Å². The van der Waals surface area contributed by atoms with Gasteiger partial charge in [-0.1, -0.05) is 22.0 Å². The number of carbonyl (C=O) groups excluding carboxylic acids is 1. The fourth-order valence-electron chi connectivity index (χ4n) is 2.56. The molecule has 0 saturated carbocycles. The van der Waals surface area contributed by atoms with Crippen LogP contribution in [0.15, 0.2) is 27.7 Å². The zero-order valence-corrected chi connectivity index (χ0v) is 15.8. The summed E-state index contributed by atoms with van der Waals surface area (Å²) in [5.74, 6) is 0.706. The highest BCUT2D eigenvalue weighted by atomic mass is 79.9. The molecule has 3 N–H and O–H groups in total. The molecule has 1 aromatic carbocycles. The number of likely N-dealkylation sites (tertiary alicyclic amines) is 1. The Morgan fingerprint density at radius 2 is 2.29 bits per heavy atom. The molecule has 0 aliphatic carbocycles. The van der Waals surface area contributed by atoms with Crippen LogP contribution in [-0.2, 0) is 4.79 Å². The number of β-amino-alcohol motifs (C(OH)–C–C–N with tert-alkyl or cyclic N) is 1. The van der Waals surface area contributed by atoms with E-state index in [1.807, 2.05) is 36.9 Å². The average molecular weight is 397 g/mol. The Morgan fingerprint density at radius 3 is 2.96 bits per heavy atom. The molecular formula is C17H25BrN4O2. The van der Waals surface area contributed by atoms with Crippen LogP contribution in [0.5, 0.6) is 0 Å². The number of halogens is 1. The third-order valence-electron chi connectivity index (χ3n) is 3.87. The van der Waals surface area contributed by atoms with E-state index in [9.17, 15) is 9.90 Å². The van der Waals surface area contributed by atoms with E-state index in [4.69, 9.17) is 0 Å². The lowest BCUT2D eigenvalue weighted by Gasteiger charge is -2.20. The largest absolute Gasteiger partial charge is 0.391 e. The highest BCUT2D eigenvalue weighted by Crippen LogP contribution is 2.20. The molecule has 1 aliphatic rings. The molecule has 1 amide bonds. The summed E-state index contributed by atoms with van der Waals surface area (Å²) in [4.78, 5) is 18.7. The predicted octanol–water partition coefficient (Wildman–Crippen LogP) is 2.12. The van der Waals surface area contributed by atoms with Crippen molar-refractivity contribution in [3.63, 3.8) is 0 Å².